The molecule has 0 aromatic carbocycles. The third-order valence-corrected chi connectivity index (χ3v) is 5.90. The SMILES string of the molecule is Cc1cccnc1CN(Cc1ncccc1C)C1(C)CCN(C(=O)NO)CC1. The van der Waals surface area contributed by atoms with Crippen LogP contribution < -0.4 is 5.48 Å². The second-order valence-electron chi connectivity index (χ2n) is 7.79. The highest BCUT2D eigenvalue weighted by Crippen LogP contribution is 2.32. The van der Waals surface area contributed by atoms with Crippen LogP contribution in [0.4, 0.5) is 4.79 Å². The first-order valence-electron chi connectivity index (χ1n) is 9.68. The van der Waals surface area contributed by atoms with Gasteiger partial charge in [-0.05, 0) is 56.9 Å². The zero-order valence-electron chi connectivity index (χ0n) is 16.9. The van der Waals surface area contributed by atoms with Crippen LogP contribution in [0.1, 0.15) is 42.3 Å². The van der Waals surface area contributed by atoms with E-state index in [1.54, 1.807) is 10.4 Å². The third-order valence-electron chi connectivity index (χ3n) is 5.90. The fraction of sp³-hybridized carbons (Fsp3) is 0.476. The van der Waals surface area contributed by atoms with Crippen molar-refractivity contribution in [1.82, 2.24) is 25.2 Å². The normalized spacial score (nSPS) is 16.2. The van der Waals surface area contributed by atoms with Crippen LogP contribution in [0.5, 0.6) is 0 Å². The molecule has 0 radical (unpaired) electrons. The first-order chi connectivity index (χ1) is 13.4. The molecule has 2 aromatic rings. The van der Waals surface area contributed by atoms with Crippen LogP contribution in [-0.4, -0.2) is 49.6 Å². The zero-order valence-corrected chi connectivity index (χ0v) is 16.9. The molecule has 7 nitrogen and oxygen atoms in total. The Labute approximate surface area is 166 Å². The molecule has 1 aliphatic rings. The predicted octanol–water partition coefficient (Wildman–Crippen LogP) is 3.05. The van der Waals surface area contributed by atoms with Crippen LogP contribution in [0.15, 0.2) is 36.7 Å². The zero-order chi connectivity index (χ0) is 20.1. The van der Waals surface area contributed by atoms with Crippen molar-refractivity contribution >= 4 is 6.03 Å². The summed E-state index contributed by atoms with van der Waals surface area (Å²) in [6.45, 7) is 9.07. The molecule has 0 unspecified atom stereocenters. The van der Waals surface area contributed by atoms with Gasteiger partial charge in [0.15, 0.2) is 0 Å². The van der Waals surface area contributed by atoms with Crippen molar-refractivity contribution in [3.05, 3.63) is 59.2 Å². The Bertz CT molecular complexity index is 770. The smallest absolute Gasteiger partial charge is 0.323 e. The average molecular weight is 383 g/mol. The van der Waals surface area contributed by atoms with Crippen LogP contribution in [0.2, 0.25) is 0 Å². The van der Waals surface area contributed by atoms with Gasteiger partial charge < -0.3 is 4.90 Å². The molecule has 2 N–H and O–H groups in total. The Morgan fingerprint density at radius 3 is 2.04 bits per heavy atom. The van der Waals surface area contributed by atoms with Crippen molar-refractivity contribution in [3.8, 4) is 0 Å². The number of rotatable bonds is 5. The van der Waals surface area contributed by atoms with Gasteiger partial charge in [-0.3, -0.25) is 20.1 Å². The standard InChI is InChI=1S/C21H29N5O2/c1-16-6-4-10-22-18(16)14-26(15-19-17(2)7-5-11-23-19)21(3)8-12-25(13-9-21)20(27)24-28/h4-7,10-11,28H,8-9,12-15H2,1-3H3,(H,24,27). The molecule has 0 spiro atoms. The van der Waals surface area contributed by atoms with Gasteiger partial charge in [-0.2, -0.15) is 0 Å². The molecule has 0 aliphatic carbocycles. The number of carbonyl (C=O) groups excluding carboxylic acids is 1. The first kappa shape index (κ1) is 20.2. The van der Waals surface area contributed by atoms with Gasteiger partial charge in [0.2, 0.25) is 0 Å². The van der Waals surface area contributed by atoms with Gasteiger partial charge in [0.1, 0.15) is 0 Å². The topological polar surface area (TPSA) is 81.6 Å². The van der Waals surface area contributed by atoms with Crippen molar-refractivity contribution < 1.29 is 10.0 Å². The van der Waals surface area contributed by atoms with E-state index in [2.05, 4.69) is 47.8 Å². The summed E-state index contributed by atoms with van der Waals surface area (Å²) in [4.78, 5) is 25.0. The number of aryl methyl sites for hydroxylation is 2. The summed E-state index contributed by atoms with van der Waals surface area (Å²) >= 11 is 0. The monoisotopic (exact) mass is 383 g/mol. The van der Waals surface area contributed by atoms with E-state index in [-0.39, 0.29) is 5.54 Å². The van der Waals surface area contributed by atoms with Crippen molar-refractivity contribution in [3.63, 3.8) is 0 Å². The van der Waals surface area contributed by atoms with Gasteiger partial charge in [0.05, 0.1) is 11.4 Å². The summed E-state index contributed by atoms with van der Waals surface area (Å²) in [5, 5.41) is 8.91. The van der Waals surface area contributed by atoms with Crippen molar-refractivity contribution in [2.45, 2.75) is 52.2 Å². The van der Waals surface area contributed by atoms with Crippen molar-refractivity contribution in [1.29, 1.82) is 0 Å². The second-order valence-corrected chi connectivity index (χ2v) is 7.79. The highest BCUT2D eigenvalue weighted by molar-refractivity contribution is 5.72. The predicted molar refractivity (Wildman–Crippen MR) is 107 cm³/mol. The maximum atomic E-state index is 11.8. The van der Waals surface area contributed by atoms with Crippen LogP contribution in [0.3, 0.4) is 0 Å². The third kappa shape index (κ3) is 4.48. The Morgan fingerprint density at radius 1 is 1.11 bits per heavy atom. The summed E-state index contributed by atoms with van der Waals surface area (Å²) in [6.07, 6.45) is 5.31. The van der Waals surface area contributed by atoms with E-state index in [4.69, 9.17) is 5.21 Å². The molecule has 1 aliphatic heterocycles. The van der Waals surface area contributed by atoms with Crippen LogP contribution >= 0.6 is 0 Å². The highest BCUT2D eigenvalue weighted by atomic mass is 16.5. The summed E-state index contributed by atoms with van der Waals surface area (Å²) in [7, 11) is 0. The van der Waals surface area contributed by atoms with E-state index in [1.807, 2.05) is 24.5 Å². The van der Waals surface area contributed by atoms with E-state index >= 15 is 0 Å². The van der Waals surface area contributed by atoms with Gasteiger partial charge in [0, 0.05) is 44.1 Å². The molecule has 1 saturated heterocycles. The lowest BCUT2D eigenvalue weighted by molar-refractivity contribution is 0.0240. The number of aromatic nitrogens is 2. The van der Waals surface area contributed by atoms with Gasteiger partial charge >= 0.3 is 6.03 Å². The molecule has 2 amide bonds. The first-order valence-corrected chi connectivity index (χ1v) is 9.68. The summed E-state index contributed by atoms with van der Waals surface area (Å²) in [5.41, 5.74) is 6.11. The molecule has 0 atom stereocenters. The Hall–Kier alpha value is -2.51. The molecule has 1 fully saturated rings. The molecule has 0 saturated carbocycles. The van der Waals surface area contributed by atoms with Crippen LogP contribution in [0.25, 0.3) is 0 Å². The number of hydrogen-bond donors (Lipinski definition) is 2. The number of nitrogens with one attached hydrogen (secondary N) is 1. The van der Waals surface area contributed by atoms with Crippen molar-refractivity contribution in [2.24, 2.45) is 0 Å². The summed E-state index contributed by atoms with van der Waals surface area (Å²) in [5.74, 6) is 0. The van der Waals surface area contributed by atoms with E-state index < -0.39 is 6.03 Å². The molecule has 0 bridgehead atoms. The lowest BCUT2D eigenvalue weighted by Crippen LogP contribution is -2.55. The fourth-order valence-corrected chi connectivity index (χ4v) is 3.75. The average Bonchev–Trinajstić information content (AvgIpc) is 2.70. The summed E-state index contributed by atoms with van der Waals surface area (Å²) < 4.78 is 0. The molecule has 7 heteroatoms. The Morgan fingerprint density at radius 2 is 1.61 bits per heavy atom. The lowest BCUT2D eigenvalue weighted by atomic mass is 9.87. The van der Waals surface area contributed by atoms with Crippen LogP contribution in [-0.2, 0) is 13.1 Å². The number of hydrogen-bond acceptors (Lipinski definition) is 5. The van der Waals surface area contributed by atoms with Gasteiger partial charge in [-0.1, -0.05) is 12.1 Å². The van der Waals surface area contributed by atoms with Crippen LogP contribution in [0, 0.1) is 13.8 Å². The minimum atomic E-state index is -0.435. The number of pyridine rings is 2. The molecule has 150 valence electrons. The molecule has 3 rings (SSSR count). The number of nitrogens with zero attached hydrogens (tertiary/aromatic N) is 4. The van der Waals surface area contributed by atoms with E-state index in [9.17, 15) is 4.79 Å². The van der Waals surface area contributed by atoms with Gasteiger partial charge in [-0.15, -0.1) is 0 Å². The molecule has 28 heavy (non-hydrogen) atoms. The molecule has 3 heterocycles. The van der Waals surface area contributed by atoms with Crippen molar-refractivity contribution in [2.75, 3.05) is 13.1 Å². The van der Waals surface area contributed by atoms with E-state index in [0.717, 1.165) is 37.3 Å². The van der Waals surface area contributed by atoms with E-state index in [1.165, 1.54) is 11.1 Å². The minimum Gasteiger partial charge on any atom is -0.323 e. The quantitative estimate of drug-likeness (QED) is 0.613. The number of amides is 2. The maximum Gasteiger partial charge on any atom is 0.341 e. The van der Waals surface area contributed by atoms with E-state index in [0.29, 0.717) is 13.1 Å². The number of piperidine rings is 1. The Balaban J connectivity index is 1.84. The fourth-order valence-electron chi connectivity index (χ4n) is 3.75. The summed E-state index contributed by atoms with van der Waals surface area (Å²) in [6, 6.07) is 7.65. The molecular formula is C21H29N5O2. The minimum absolute atomic E-state index is 0.0971. The number of hydroxylamine groups is 1. The number of urea groups is 1. The largest absolute Gasteiger partial charge is 0.341 e. The van der Waals surface area contributed by atoms with Gasteiger partial charge in [0.25, 0.3) is 0 Å². The maximum absolute atomic E-state index is 11.8. The highest BCUT2D eigenvalue weighted by Gasteiger charge is 2.37. The Kier molecular flexibility index (Phi) is 6.26. The molecule has 2 aromatic heterocycles. The number of carbonyl (C=O) groups is 1. The lowest BCUT2D eigenvalue weighted by Gasteiger charge is -2.46. The number of likely N-dealkylation sites (tertiary alicyclic amines) is 1. The second kappa shape index (κ2) is 8.67. The van der Waals surface area contributed by atoms with Gasteiger partial charge in [-0.25, -0.2) is 10.3 Å². The molecular weight excluding hydrogens is 354 g/mol.